The number of benzene rings is 1. The quantitative estimate of drug-likeness (QED) is 0.630. The van der Waals surface area contributed by atoms with Gasteiger partial charge in [0.2, 0.25) is 11.2 Å². The number of phenolic OH excluding ortho intramolecular Hbond substituents is 1. The Morgan fingerprint density at radius 1 is 0.969 bits per heavy atom. The van der Waals surface area contributed by atoms with Crippen LogP contribution in [0.25, 0.3) is 0 Å². The predicted octanol–water partition coefficient (Wildman–Crippen LogP) is 4.49. The second-order valence-corrected chi connectivity index (χ2v) is 10.0. The summed E-state index contributed by atoms with van der Waals surface area (Å²) in [4.78, 5) is 24.7. The fraction of sp³-hybridized carbons (Fsp3) is 0.520. The number of ether oxygens (including phenoxy) is 2. The molecular formula is C25H34O7. The summed E-state index contributed by atoms with van der Waals surface area (Å²) in [6.07, 6.45) is -0.165. The zero-order valence-corrected chi connectivity index (χ0v) is 20.2. The molecule has 0 fully saturated rings. The van der Waals surface area contributed by atoms with Gasteiger partial charge in [-0.25, -0.2) is 0 Å². The highest BCUT2D eigenvalue weighted by Crippen LogP contribution is 2.43. The van der Waals surface area contributed by atoms with E-state index in [0.717, 1.165) is 6.07 Å². The van der Waals surface area contributed by atoms with E-state index in [1.54, 1.807) is 12.1 Å². The number of hydrogen-bond donors (Lipinski definition) is 2. The minimum atomic E-state index is -0.810. The Morgan fingerprint density at radius 2 is 1.50 bits per heavy atom. The minimum Gasteiger partial charge on any atom is -0.507 e. The van der Waals surface area contributed by atoms with Gasteiger partial charge in [-0.2, -0.15) is 0 Å². The van der Waals surface area contributed by atoms with Crippen LogP contribution >= 0.6 is 0 Å². The summed E-state index contributed by atoms with van der Waals surface area (Å²) in [6.45, 7) is 11.9. The monoisotopic (exact) mass is 446 g/mol. The molecule has 2 rings (SSSR count). The molecule has 32 heavy (non-hydrogen) atoms. The maximum Gasteiger partial charge on any atom is 0.306 e. The lowest BCUT2D eigenvalue weighted by atomic mass is 9.76. The molecule has 2 N–H and O–H groups in total. The minimum absolute atomic E-state index is 0.0313. The second-order valence-electron chi connectivity index (χ2n) is 10.0. The Labute approximate surface area is 189 Å². The zero-order chi connectivity index (χ0) is 24.4. The van der Waals surface area contributed by atoms with E-state index in [1.807, 2.05) is 41.5 Å². The normalized spacial score (nSPS) is 13.1. The molecular weight excluding hydrogens is 412 g/mol. The van der Waals surface area contributed by atoms with Gasteiger partial charge in [0, 0.05) is 13.2 Å². The van der Waals surface area contributed by atoms with E-state index < -0.39 is 33.9 Å². The van der Waals surface area contributed by atoms with E-state index in [0.29, 0.717) is 16.7 Å². The summed E-state index contributed by atoms with van der Waals surface area (Å²) >= 11 is 0. The molecule has 1 atom stereocenters. The van der Waals surface area contributed by atoms with Crippen molar-refractivity contribution in [2.24, 2.45) is 0 Å². The van der Waals surface area contributed by atoms with Gasteiger partial charge in [-0.05, 0) is 27.5 Å². The molecule has 0 spiro atoms. The lowest BCUT2D eigenvalue weighted by Crippen LogP contribution is -2.20. The summed E-state index contributed by atoms with van der Waals surface area (Å²) < 4.78 is 15.8. The van der Waals surface area contributed by atoms with Gasteiger partial charge >= 0.3 is 5.97 Å². The fourth-order valence-corrected chi connectivity index (χ4v) is 3.62. The molecule has 0 aliphatic rings. The van der Waals surface area contributed by atoms with Gasteiger partial charge in [-0.1, -0.05) is 53.7 Å². The van der Waals surface area contributed by atoms with Crippen LogP contribution in [0.4, 0.5) is 0 Å². The average molecular weight is 447 g/mol. The number of aromatic hydroxyl groups is 2. The Balaban J connectivity index is 2.88. The standard InChI is InChI=1S/C25H34O7/c1-24(2,3)17-9-14(10-18(21(17)28)25(4,5)6)16(12-20(27)31-8)23-22(29)19(26)11-15(32-23)13-30-7/h9-11,16,28-29H,12-13H2,1-8H3. The van der Waals surface area contributed by atoms with Crippen LogP contribution in [0.15, 0.2) is 27.4 Å². The van der Waals surface area contributed by atoms with Crippen LogP contribution in [0.1, 0.15) is 82.1 Å². The van der Waals surface area contributed by atoms with Crippen molar-refractivity contribution in [3.8, 4) is 11.5 Å². The number of hydrogen-bond acceptors (Lipinski definition) is 7. The summed E-state index contributed by atoms with van der Waals surface area (Å²) in [6, 6.07) is 4.75. The second kappa shape index (κ2) is 9.36. The molecule has 0 radical (unpaired) electrons. The largest absolute Gasteiger partial charge is 0.507 e. The first-order chi connectivity index (χ1) is 14.7. The van der Waals surface area contributed by atoms with Crippen molar-refractivity contribution in [1.29, 1.82) is 0 Å². The van der Waals surface area contributed by atoms with Crippen molar-refractivity contribution in [2.45, 2.75) is 71.3 Å². The molecule has 0 bridgehead atoms. The van der Waals surface area contributed by atoms with Gasteiger partial charge in [-0.15, -0.1) is 0 Å². The third-order valence-electron chi connectivity index (χ3n) is 5.35. The van der Waals surface area contributed by atoms with Crippen LogP contribution in [0.5, 0.6) is 11.5 Å². The number of rotatable bonds is 6. The van der Waals surface area contributed by atoms with Gasteiger partial charge in [0.1, 0.15) is 18.1 Å². The zero-order valence-electron chi connectivity index (χ0n) is 20.2. The molecule has 1 unspecified atom stereocenters. The van der Waals surface area contributed by atoms with Gasteiger partial charge in [-0.3, -0.25) is 9.59 Å². The SMILES string of the molecule is COCc1cc(=O)c(O)c(C(CC(=O)OC)c2cc(C(C)(C)C)c(O)c(C(C)(C)C)c2)o1. The summed E-state index contributed by atoms with van der Waals surface area (Å²) in [7, 11) is 2.73. The molecule has 0 aliphatic carbocycles. The maximum absolute atomic E-state index is 12.4. The molecule has 7 nitrogen and oxygen atoms in total. The number of methoxy groups -OCH3 is 2. The molecule has 1 aromatic heterocycles. The topological polar surface area (TPSA) is 106 Å². The highest BCUT2D eigenvalue weighted by atomic mass is 16.5. The molecule has 1 heterocycles. The van der Waals surface area contributed by atoms with Crippen LogP contribution in [0, 0.1) is 0 Å². The van der Waals surface area contributed by atoms with E-state index >= 15 is 0 Å². The van der Waals surface area contributed by atoms with E-state index in [-0.39, 0.29) is 30.3 Å². The summed E-state index contributed by atoms with van der Waals surface area (Å²) in [5.41, 5.74) is 0.553. The van der Waals surface area contributed by atoms with Crippen molar-refractivity contribution in [1.82, 2.24) is 0 Å². The van der Waals surface area contributed by atoms with Crippen LogP contribution in [0.2, 0.25) is 0 Å². The number of esters is 1. The number of carbonyl (C=O) groups excluding carboxylic acids is 1. The molecule has 0 saturated heterocycles. The molecule has 0 amide bonds. The van der Waals surface area contributed by atoms with E-state index in [1.165, 1.54) is 14.2 Å². The molecule has 176 valence electrons. The summed E-state index contributed by atoms with van der Waals surface area (Å²) in [5.74, 6) is -1.54. The smallest absolute Gasteiger partial charge is 0.306 e. The lowest BCUT2D eigenvalue weighted by molar-refractivity contribution is -0.140. The van der Waals surface area contributed by atoms with E-state index in [2.05, 4.69) is 0 Å². The molecule has 7 heteroatoms. The lowest BCUT2D eigenvalue weighted by Gasteiger charge is -2.29. The average Bonchev–Trinajstić information content (AvgIpc) is 2.67. The van der Waals surface area contributed by atoms with Crippen molar-refractivity contribution in [3.63, 3.8) is 0 Å². The first-order valence-electron chi connectivity index (χ1n) is 10.5. The fourth-order valence-electron chi connectivity index (χ4n) is 3.62. The van der Waals surface area contributed by atoms with Gasteiger partial charge in [0.15, 0.2) is 5.76 Å². The number of carbonyl (C=O) groups is 1. The molecule has 1 aromatic carbocycles. The highest BCUT2D eigenvalue weighted by molar-refractivity contribution is 5.71. The molecule has 0 aliphatic heterocycles. The third-order valence-corrected chi connectivity index (χ3v) is 5.35. The van der Waals surface area contributed by atoms with Gasteiger partial charge in [0.25, 0.3) is 0 Å². The van der Waals surface area contributed by atoms with E-state index in [9.17, 15) is 19.8 Å². The maximum atomic E-state index is 12.4. The Morgan fingerprint density at radius 3 is 1.94 bits per heavy atom. The first kappa shape index (κ1) is 25.5. The van der Waals surface area contributed by atoms with Gasteiger partial charge < -0.3 is 24.1 Å². The molecule has 0 saturated carbocycles. The highest BCUT2D eigenvalue weighted by Gasteiger charge is 2.32. The van der Waals surface area contributed by atoms with E-state index in [4.69, 9.17) is 13.9 Å². The van der Waals surface area contributed by atoms with Crippen molar-refractivity contribution < 1.29 is 28.9 Å². The van der Waals surface area contributed by atoms with Crippen LogP contribution in [-0.2, 0) is 31.7 Å². The first-order valence-corrected chi connectivity index (χ1v) is 10.5. The van der Waals surface area contributed by atoms with Crippen molar-refractivity contribution >= 4 is 5.97 Å². The summed E-state index contributed by atoms with van der Waals surface area (Å²) in [5, 5.41) is 21.6. The van der Waals surface area contributed by atoms with Crippen LogP contribution < -0.4 is 5.43 Å². The molecule has 2 aromatic rings. The third kappa shape index (κ3) is 5.51. The van der Waals surface area contributed by atoms with Crippen molar-refractivity contribution in [2.75, 3.05) is 14.2 Å². The van der Waals surface area contributed by atoms with Crippen LogP contribution in [0.3, 0.4) is 0 Å². The van der Waals surface area contributed by atoms with Crippen LogP contribution in [-0.4, -0.2) is 30.4 Å². The Hall–Kier alpha value is -2.80. The number of phenols is 1. The predicted molar refractivity (Wildman–Crippen MR) is 121 cm³/mol. The Bertz CT molecular complexity index is 1000. The Kier molecular flexibility index (Phi) is 7.45. The van der Waals surface area contributed by atoms with Crippen molar-refractivity contribution in [3.05, 3.63) is 56.6 Å². The van der Waals surface area contributed by atoms with Gasteiger partial charge in [0.05, 0.1) is 19.4 Å².